The van der Waals surface area contributed by atoms with Crippen LogP contribution in [0, 0.1) is 0 Å². The predicted molar refractivity (Wildman–Crippen MR) is 85.9 cm³/mol. The number of pyridine rings is 1. The van der Waals surface area contributed by atoms with E-state index >= 15 is 0 Å². The first-order chi connectivity index (χ1) is 11.6. The first kappa shape index (κ1) is 15.3. The van der Waals surface area contributed by atoms with Gasteiger partial charge in [0.2, 0.25) is 11.8 Å². The molecule has 0 radical (unpaired) electrons. The Morgan fingerprint density at radius 2 is 2.00 bits per heavy atom. The van der Waals surface area contributed by atoms with Crippen LogP contribution < -0.4 is 15.8 Å². The summed E-state index contributed by atoms with van der Waals surface area (Å²) in [5.74, 6) is -0.0778. The fourth-order valence-electron chi connectivity index (χ4n) is 1.95. The van der Waals surface area contributed by atoms with Crippen molar-refractivity contribution in [2.24, 2.45) is 5.73 Å². The van der Waals surface area contributed by atoms with Crippen LogP contribution in [0.5, 0.6) is 11.6 Å². The molecule has 120 valence electrons. The zero-order valence-electron chi connectivity index (χ0n) is 12.4. The number of hydrogen-bond acceptors (Lipinski definition) is 5. The summed E-state index contributed by atoms with van der Waals surface area (Å²) in [7, 11) is 0. The average Bonchev–Trinajstić information content (AvgIpc) is 3.11. The largest absolute Gasteiger partial charge is 0.472 e. The Morgan fingerprint density at radius 1 is 1.12 bits per heavy atom. The van der Waals surface area contributed by atoms with Gasteiger partial charge in [0.1, 0.15) is 12.0 Å². The number of carbonyl (C=O) groups excluding carboxylic acids is 2. The lowest BCUT2D eigenvalue weighted by molar-refractivity contribution is 0.0997. The first-order valence-corrected chi connectivity index (χ1v) is 6.99. The first-order valence-electron chi connectivity index (χ1n) is 6.99. The zero-order chi connectivity index (χ0) is 16.9. The summed E-state index contributed by atoms with van der Waals surface area (Å²) in [5.41, 5.74) is 6.50. The molecule has 2 amide bonds. The van der Waals surface area contributed by atoms with Gasteiger partial charge in [-0.2, -0.15) is 0 Å². The van der Waals surface area contributed by atoms with Crippen LogP contribution in [0.2, 0.25) is 0 Å². The summed E-state index contributed by atoms with van der Waals surface area (Å²) < 4.78 is 10.4. The summed E-state index contributed by atoms with van der Waals surface area (Å²) in [6.45, 7) is 0. The number of furan rings is 1. The summed E-state index contributed by atoms with van der Waals surface area (Å²) in [6, 6.07) is 11.3. The Balaban J connectivity index is 1.67. The maximum atomic E-state index is 11.9. The molecule has 0 bridgehead atoms. The Kier molecular flexibility index (Phi) is 4.24. The fourth-order valence-corrected chi connectivity index (χ4v) is 1.95. The molecule has 0 atom stereocenters. The van der Waals surface area contributed by atoms with Gasteiger partial charge >= 0.3 is 0 Å². The maximum Gasteiger partial charge on any atom is 0.258 e. The Morgan fingerprint density at radius 3 is 2.67 bits per heavy atom. The monoisotopic (exact) mass is 323 g/mol. The van der Waals surface area contributed by atoms with Crippen molar-refractivity contribution < 1.29 is 18.7 Å². The molecule has 0 aliphatic heterocycles. The molecule has 7 heteroatoms. The van der Waals surface area contributed by atoms with Crippen LogP contribution in [-0.2, 0) is 0 Å². The molecular formula is C17H13N3O4. The third-order valence-corrected chi connectivity index (χ3v) is 3.12. The number of hydrogen-bond donors (Lipinski definition) is 2. The Bertz CT molecular complexity index is 858. The van der Waals surface area contributed by atoms with Crippen LogP contribution in [0.1, 0.15) is 20.7 Å². The van der Waals surface area contributed by atoms with Gasteiger partial charge in [-0.3, -0.25) is 9.59 Å². The molecule has 0 saturated heterocycles. The van der Waals surface area contributed by atoms with Crippen molar-refractivity contribution in [1.82, 2.24) is 4.98 Å². The number of carbonyl (C=O) groups is 2. The van der Waals surface area contributed by atoms with Gasteiger partial charge in [-0.25, -0.2) is 4.98 Å². The van der Waals surface area contributed by atoms with Crippen LogP contribution >= 0.6 is 0 Å². The van der Waals surface area contributed by atoms with E-state index in [0.29, 0.717) is 28.4 Å². The molecule has 3 aromatic rings. The van der Waals surface area contributed by atoms with Crippen molar-refractivity contribution in [3.05, 3.63) is 72.3 Å². The van der Waals surface area contributed by atoms with Gasteiger partial charge in [-0.1, -0.05) is 6.07 Å². The summed E-state index contributed by atoms with van der Waals surface area (Å²) in [5, 5.41) is 2.68. The van der Waals surface area contributed by atoms with Gasteiger partial charge in [-0.05, 0) is 30.3 Å². The highest BCUT2D eigenvalue weighted by atomic mass is 16.5. The standard InChI is InChI=1S/C17H13N3O4/c18-16(21)11-2-1-3-14(8-11)24-15-5-4-13(9-19-15)20-17(22)12-6-7-23-10-12/h1-10H,(H2,18,21)(H,20,22). The number of rotatable bonds is 5. The lowest BCUT2D eigenvalue weighted by Crippen LogP contribution is -2.11. The smallest absolute Gasteiger partial charge is 0.258 e. The molecule has 0 unspecified atom stereocenters. The highest BCUT2D eigenvalue weighted by Gasteiger charge is 2.08. The minimum Gasteiger partial charge on any atom is -0.472 e. The topological polar surface area (TPSA) is 107 Å². The number of benzene rings is 1. The van der Waals surface area contributed by atoms with Gasteiger partial charge < -0.3 is 20.2 Å². The number of anilines is 1. The van der Waals surface area contributed by atoms with Gasteiger partial charge in [0, 0.05) is 11.6 Å². The van der Waals surface area contributed by atoms with Crippen molar-refractivity contribution in [1.29, 1.82) is 0 Å². The zero-order valence-corrected chi connectivity index (χ0v) is 12.4. The SMILES string of the molecule is NC(=O)c1cccc(Oc2ccc(NC(=O)c3ccoc3)cn2)c1. The second-order valence-electron chi connectivity index (χ2n) is 4.85. The van der Waals surface area contributed by atoms with E-state index in [0.717, 1.165) is 0 Å². The second kappa shape index (κ2) is 6.66. The van der Waals surface area contributed by atoms with E-state index in [1.54, 1.807) is 36.4 Å². The third kappa shape index (κ3) is 3.58. The van der Waals surface area contributed by atoms with Crippen molar-refractivity contribution in [3.63, 3.8) is 0 Å². The van der Waals surface area contributed by atoms with Crippen LogP contribution in [0.4, 0.5) is 5.69 Å². The Hall–Kier alpha value is -3.61. The van der Waals surface area contributed by atoms with Gasteiger partial charge in [-0.15, -0.1) is 0 Å². The van der Waals surface area contributed by atoms with E-state index < -0.39 is 5.91 Å². The van der Waals surface area contributed by atoms with Crippen LogP contribution in [0.3, 0.4) is 0 Å². The van der Waals surface area contributed by atoms with E-state index in [2.05, 4.69) is 10.3 Å². The van der Waals surface area contributed by atoms with Crippen molar-refractivity contribution in [2.45, 2.75) is 0 Å². The van der Waals surface area contributed by atoms with E-state index in [-0.39, 0.29) is 5.91 Å². The van der Waals surface area contributed by atoms with Crippen molar-refractivity contribution >= 4 is 17.5 Å². The van der Waals surface area contributed by atoms with Gasteiger partial charge in [0.05, 0.1) is 23.7 Å². The van der Waals surface area contributed by atoms with E-state index in [9.17, 15) is 9.59 Å². The predicted octanol–water partition coefficient (Wildman–Crippen LogP) is 2.82. The highest BCUT2D eigenvalue weighted by molar-refractivity contribution is 6.03. The molecule has 0 spiro atoms. The molecule has 24 heavy (non-hydrogen) atoms. The molecule has 2 heterocycles. The van der Waals surface area contributed by atoms with Gasteiger partial charge in [0.15, 0.2) is 0 Å². The number of nitrogens with one attached hydrogen (secondary N) is 1. The molecule has 2 aromatic heterocycles. The average molecular weight is 323 g/mol. The van der Waals surface area contributed by atoms with Crippen molar-refractivity contribution in [3.8, 4) is 11.6 Å². The maximum absolute atomic E-state index is 11.9. The van der Waals surface area contributed by atoms with Gasteiger partial charge in [0.25, 0.3) is 5.91 Å². The lowest BCUT2D eigenvalue weighted by atomic mass is 10.2. The fraction of sp³-hybridized carbons (Fsp3) is 0. The quantitative estimate of drug-likeness (QED) is 0.750. The molecule has 0 fully saturated rings. The second-order valence-corrected chi connectivity index (χ2v) is 4.85. The highest BCUT2D eigenvalue weighted by Crippen LogP contribution is 2.21. The summed E-state index contributed by atoms with van der Waals surface area (Å²) in [4.78, 5) is 27.1. The minimum absolute atomic E-state index is 0.298. The lowest BCUT2D eigenvalue weighted by Gasteiger charge is -2.07. The normalized spacial score (nSPS) is 10.2. The molecule has 0 aliphatic carbocycles. The molecule has 3 rings (SSSR count). The number of nitrogens with zero attached hydrogens (tertiary/aromatic N) is 1. The van der Waals surface area contributed by atoms with Crippen molar-refractivity contribution in [2.75, 3.05) is 5.32 Å². The molecule has 3 N–H and O–H groups in total. The summed E-state index contributed by atoms with van der Waals surface area (Å²) >= 11 is 0. The number of amides is 2. The van der Waals surface area contributed by atoms with Crippen LogP contribution in [-0.4, -0.2) is 16.8 Å². The number of primary amides is 1. The minimum atomic E-state index is -0.536. The molecule has 0 saturated carbocycles. The Labute approximate surface area is 137 Å². The van der Waals surface area contributed by atoms with Crippen LogP contribution in [0.15, 0.2) is 65.6 Å². The third-order valence-electron chi connectivity index (χ3n) is 3.12. The number of nitrogens with two attached hydrogens (primary N) is 1. The number of ether oxygens (including phenoxy) is 1. The van der Waals surface area contributed by atoms with E-state index in [4.69, 9.17) is 14.9 Å². The molecular weight excluding hydrogens is 310 g/mol. The molecule has 1 aromatic carbocycles. The molecule has 0 aliphatic rings. The molecule has 7 nitrogen and oxygen atoms in total. The number of aromatic nitrogens is 1. The van der Waals surface area contributed by atoms with E-state index in [1.807, 2.05) is 0 Å². The summed E-state index contributed by atoms with van der Waals surface area (Å²) in [6.07, 6.45) is 4.24. The van der Waals surface area contributed by atoms with Crippen LogP contribution in [0.25, 0.3) is 0 Å². The van der Waals surface area contributed by atoms with E-state index in [1.165, 1.54) is 24.8 Å².